The van der Waals surface area contributed by atoms with Crippen LogP contribution in [-0.4, -0.2) is 36.6 Å². The Morgan fingerprint density at radius 1 is 1.65 bits per heavy atom. The van der Waals surface area contributed by atoms with Gasteiger partial charge in [0, 0.05) is 18.7 Å². The van der Waals surface area contributed by atoms with E-state index in [0.717, 1.165) is 6.54 Å². The zero-order valence-corrected chi connectivity index (χ0v) is 10.8. The van der Waals surface area contributed by atoms with Crippen molar-refractivity contribution in [3.05, 3.63) is 17.3 Å². The number of ether oxygens (including phenoxy) is 1. The van der Waals surface area contributed by atoms with E-state index in [2.05, 4.69) is 16.9 Å². The number of hydrogen-bond acceptors (Lipinski definition) is 4. The lowest BCUT2D eigenvalue weighted by Gasteiger charge is -2.29. The molecule has 1 unspecified atom stereocenters. The number of piperidine rings is 1. The topological polar surface area (TPSA) is 51.4 Å². The summed E-state index contributed by atoms with van der Waals surface area (Å²) in [5.41, 5.74) is 6.28. The fourth-order valence-electron chi connectivity index (χ4n) is 2.17. The average Bonchev–Trinajstić information content (AvgIpc) is 2.28. The van der Waals surface area contributed by atoms with Crippen molar-refractivity contribution < 1.29 is 4.74 Å². The molecule has 1 aromatic rings. The maximum absolute atomic E-state index is 5.78. The summed E-state index contributed by atoms with van der Waals surface area (Å²) < 4.78 is 5.66. The molecule has 0 saturated carbocycles. The van der Waals surface area contributed by atoms with Crippen LogP contribution in [0.5, 0.6) is 5.88 Å². The van der Waals surface area contributed by atoms with Crippen molar-refractivity contribution >= 4 is 17.3 Å². The minimum atomic E-state index is 0.489. The van der Waals surface area contributed by atoms with Gasteiger partial charge in [0.15, 0.2) is 0 Å². The molecule has 0 aromatic carbocycles. The molecule has 0 radical (unpaired) electrons. The average molecular weight is 256 g/mol. The van der Waals surface area contributed by atoms with Crippen molar-refractivity contribution in [3.63, 3.8) is 0 Å². The largest absolute Gasteiger partial charge is 0.476 e. The van der Waals surface area contributed by atoms with Gasteiger partial charge < -0.3 is 15.4 Å². The van der Waals surface area contributed by atoms with Gasteiger partial charge in [-0.05, 0) is 32.5 Å². The summed E-state index contributed by atoms with van der Waals surface area (Å²) in [5.74, 6) is 1.05. The van der Waals surface area contributed by atoms with E-state index in [0.29, 0.717) is 29.1 Å². The molecule has 2 N–H and O–H groups in total. The Labute approximate surface area is 107 Å². The highest BCUT2D eigenvalue weighted by molar-refractivity contribution is 6.30. The first-order valence-corrected chi connectivity index (χ1v) is 6.25. The summed E-state index contributed by atoms with van der Waals surface area (Å²) in [4.78, 5) is 6.42. The summed E-state index contributed by atoms with van der Waals surface area (Å²) in [6.07, 6.45) is 3.99. The molecule has 94 valence electrons. The number of nitrogens with zero attached hydrogens (tertiary/aromatic N) is 2. The molecular formula is C12H18ClN3O. The van der Waals surface area contributed by atoms with Crippen LogP contribution in [0.25, 0.3) is 0 Å². The van der Waals surface area contributed by atoms with Gasteiger partial charge in [-0.1, -0.05) is 11.6 Å². The molecule has 2 rings (SSSR count). The molecule has 17 heavy (non-hydrogen) atoms. The number of nitrogens with two attached hydrogens (primary N) is 1. The van der Waals surface area contributed by atoms with Gasteiger partial charge in [0.05, 0.1) is 17.3 Å². The molecule has 1 atom stereocenters. The summed E-state index contributed by atoms with van der Waals surface area (Å²) in [5, 5.41) is 0.534. The first kappa shape index (κ1) is 12.5. The van der Waals surface area contributed by atoms with Crippen LogP contribution in [0.15, 0.2) is 12.3 Å². The molecule has 1 fully saturated rings. The van der Waals surface area contributed by atoms with Gasteiger partial charge in [-0.3, -0.25) is 0 Å². The van der Waals surface area contributed by atoms with E-state index in [1.807, 2.05) is 0 Å². The second-order valence-corrected chi connectivity index (χ2v) is 5.07. The van der Waals surface area contributed by atoms with Crippen LogP contribution < -0.4 is 10.5 Å². The van der Waals surface area contributed by atoms with Gasteiger partial charge in [-0.25, -0.2) is 4.98 Å². The number of anilines is 1. The predicted molar refractivity (Wildman–Crippen MR) is 69.4 cm³/mol. The minimum absolute atomic E-state index is 0.489. The Hall–Kier alpha value is -1.00. The number of likely N-dealkylation sites (tertiary alicyclic amines) is 1. The van der Waals surface area contributed by atoms with Crippen molar-refractivity contribution in [2.24, 2.45) is 5.92 Å². The van der Waals surface area contributed by atoms with E-state index in [1.165, 1.54) is 19.4 Å². The predicted octanol–water partition coefficient (Wildman–Crippen LogP) is 2.04. The van der Waals surface area contributed by atoms with Crippen LogP contribution in [0.1, 0.15) is 12.8 Å². The summed E-state index contributed by atoms with van der Waals surface area (Å²) >= 11 is 5.78. The molecule has 1 aliphatic heterocycles. The molecular weight excluding hydrogens is 238 g/mol. The third-order valence-corrected chi connectivity index (χ3v) is 3.23. The van der Waals surface area contributed by atoms with Crippen molar-refractivity contribution in [1.29, 1.82) is 0 Å². The highest BCUT2D eigenvalue weighted by Crippen LogP contribution is 2.23. The highest BCUT2D eigenvalue weighted by Gasteiger charge is 2.18. The monoisotopic (exact) mass is 255 g/mol. The Bertz CT molecular complexity index is 386. The van der Waals surface area contributed by atoms with Crippen LogP contribution in [0, 0.1) is 5.92 Å². The minimum Gasteiger partial charge on any atom is -0.476 e. The van der Waals surface area contributed by atoms with Gasteiger partial charge in [0.2, 0.25) is 5.88 Å². The standard InChI is InChI=1S/C12H18ClN3O/c1-16-4-2-3-9(7-16)8-17-12-11(14)5-10(13)6-15-12/h5-6,9H,2-4,7-8,14H2,1H3. The summed E-state index contributed by atoms with van der Waals surface area (Å²) in [7, 11) is 2.14. The van der Waals surface area contributed by atoms with E-state index in [1.54, 1.807) is 12.3 Å². The van der Waals surface area contributed by atoms with E-state index < -0.39 is 0 Å². The number of hydrogen-bond donors (Lipinski definition) is 1. The lowest BCUT2D eigenvalue weighted by atomic mass is 10.00. The first-order valence-electron chi connectivity index (χ1n) is 5.87. The van der Waals surface area contributed by atoms with Gasteiger partial charge in [-0.15, -0.1) is 0 Å². The molecule has 1 aliphatic rings. The van der Waals surface area contributed by atoms with Crippen molar-refractivity contribution in [3.8, 4) is 5.88 Å². The van der Waals surface area contributed by atoms with E-state index in [-0.39, 0.29) is 0 Å². The Balaban J connectivity index is 1.88. The third kappa shape index (κ3) is 3.48. The zero-order valence-electron chi connectivity index (χ0n) is 10.0. The first-order chi connectivity index (χ1) is 8.15. The Morgan fingerprint density at radius 2 is 2.47 bits per heavy atom. The Kier molecular flexibility index (Phi) is 4.07. The highest BCUT2D eigenvalue weighted by atomic mass is 35.5. The summed E-state index contributed by atoms with van der Waals surface area (Å²) in [6, 6.07) is 1.66. The van der Waals surface area contributed by atoms with Gasteiger partial charge in [0.25, 0.3) is 0 Å². The molecule has 1 saturated heterocycles. The van der Waals surface area contributed by atoms with Crippen molar-refractivity contribution in [1.82, 2.24) is 9.88 Å². The van der Waals surface area contributed by atoms with Crippen LogP contribution in [0.2, 0.25) is 5.02 Å². The maximum Gasteiger partial charge on any atom is 0.237 e. The zero-order chi connectivity index (χ0) is 12.3. The quantitative estimate of drug-likeness (QED) is 0.898. The van der Waals surface area contributed by atoms with Crippen molar-refractivity contribution in [2.75, 3.05) is 32.5 Å². The molecule has 4 nitrogen and oxygen atoms in total. The van der Waals surface area contributed by atoms with Crippen LogP contribution in [-0.2, 0) is 0 Å². The normalized spacial score (nSPS) is 21.4. The maximum atomic E-state index is 5.78. The second kappa shape index (κ2) is 5.56. The number of rotatable bonds is 3. The van der Waals surface area contributed by atoms with Gasteiger partial charge >= 0.3 is 0 Å². The third-order valence-electron chi connectivity index (χ3n) is 3.02. The van der Waals surface area contributed by atoms with Crippen LogP contribution in [0.3, 0.4) is 0 Å². The van der Waals surface area contributed by atoms with E-state index in [4.69, 9.17) is 22.1 Å². The lowest BCUT2D eigenvalue weighted by Crippen LogP contribution is -2.34. The fourth-order valence-corrected chi connectivity index (χ4v) is 2.34. The molecule has 5 heteroatoms. The lowest BCUT2D eigenvalue weighted by molar-refractivity contribution is 0.148. The van der Waals surface area contributed by atoms with Crippen LogP contribution >= 0.6 is 11.6 Å². The molecule has 0 amide bonds. The van der Waals surface area contributed by atoms with Gasteiger partial charge in [-0.2, -0.15) is 0 Å². The smallest absolute Gasteiger partial charge is 0.237 e. The number of halogens is 1. The summed E-state index contributed by atoms with van der Waals surface area (Å²) in [6.45, 7) is 2.93. The number of nitrogen functional groups attached to an aromatic ring is 1. The molecule has 0 spiro atoms. The molecule has 0 aliphatic carbocycles. The molecule has 2 heterocycles. The second-order valence-electron chi connectivity index (χ2n) is 4.63. The van der Waals surface area contributed by atoms with E-state index >= 15 is 0 Å². The van der Waals surface area contributed by atoms with Crippen molar-refractivity contribution in [2.45, 2.75) is 12.8 Å². The SMILES string of the molecule is CN1CCCC(COc2ncc(Cl)cc2N)C1. The molecule has 0 bridgehead atoms. The van der Waals surface area contributed by atoms with Crippen LogP contribution in [0.4, 0.5) is 5.69 Å². The molecule has 1 aromatic heterocycles. The number of pyridine rings is 1. The number of aromatic nitrogens is 1. The van der Waals surface area contributed by atoms with E-state index in [9.17, 15) is 0 Å². The fraction of sp³-hybridized carbons (Fsp3) is 0.583. The Morgan fingerprint density at radius 3 is 3.18 bits per heavy atom. The van der Waals surface area contributed by atoms with Gasteiger partial charge in [0.1, 0.15) is 0 Å².